The molecule has 0 saturated carbocycles. The summed E-state index contributed by atoms with van der Waals surface area (Å²) in [5, 5.41) is 0. The van der Waals surface area contributed by atoms with E-state index in [4.69, 9.17) is 17.2 Å². The molecule has 1 saturated heterocycles. The van der Waals surface area contributed by atoms with E-state index in [1.807, 2.05) is 0 Å². The Bertz CT molecular complexity index is 386. The van der Waals surface area contributed by atoms with E-state index in [-0.39, 0.29) is 36.2 Å². The molecule has 0 spiro atoms. The van der Waals surface area contributed by atoms with E-state index in [1.54, 1.807) is 0 Å². The van der Waals surface area contributed by atoms with E-state index in [9.17, 15) is 4.79 Å². The van der Waals surface area contributed by atoms with E-state index in [1.165, 1.54) is 4.90 Å². The fourth-order valence-corrected chi connectivity index (χ4v) is 1.45. The number of nitrogens with zero attached hydrogens (tertiary/aromatic N) is 4. The Labute approximate surface area is 85.5 Å². The number of carbonyl (C=O) groups excluding carboxylic acids is 1. The van der Waals surface area contributed by atoms with E-state index in [0.29, 0.717) is 6.54 Å². The summed E-state index contributed by atoms with van der Waals surface area (Å²) in [6.45, 7) is 0.377. The van der Waals surface area contributed by atoms with Gasteiger partial charge in [0.15, 0.2) is 0 Å². The van der Waals surface area contributed by atoms with Crippen molar-refractivity contribution in [3.8, 4) is 0 Å². The van der Waals surface area contributed by atoms with Gasteiger partial charge >= 0.3 is 0 Å². The van der Waals surface area contributed by atoms with Crippen molar-refractivity contribution in [2.45, 2.75) is 12.5 Å². The van der Waals surface area contributed by atoms with Gasteiger partial charge in [0.25, 0.3) is 0 Å². The van der Waals surface area contributed by atoms with Crippen LogP contribution in [0.25, 0.3) is 0 Å². The average Bonchev–Trinajstić information content (AvgIpc) is 2.43. The molecule has 0 aromatic carbocycles. The minimum atomic E-state index is -0.197. The highest BCUT2D eigenvalue weighted by atomic mass is 16.2. The Hall–Kier alpha value is -1.96. The number of amides is 1. The van der Waals surface area contributed by atoms with Gasteiger partial charge in [-0.25, -0.2) is 0 Å². The molecule has 2 heterocycles. The van der Waals surface area contributed by atoms with Crippen molar-refractivity contribution in [1.82, 2.24) is 15.0 Å². The fourth-order valence-electron chi connectivity index (χ4n) is 1.45. The van der Waals surface area contributed by atoms with Gasteiger partial charge in [-0.05, 0) is 0 Å². The number of nitrogen functional groups attached to an aromatic ring is 2. The zero-order chi connectivity index (χ0) is 11.0. The van der Waals surface area contributed by atoms with Gasteiger partial charge in [0.1, 0.15) is 0 Å². The second-order valence-corrected chi connectivity index (χ2v) is 3.32. The molecule has 6 N–H and O–H groups in total. The van der Waals surface area contributed by atoms with Crippen molar-refractivity contribution in [2.24, 2.45) is 5.73 Å². The van der Waals surface area contributed by atoms with Gasteiger partial charge < -0.3 is 17.2 Å². The number of anilines is 3. The first-order valence-electron chi connectivity index (χ1n) is 4.39. The Morgan fingerprint density at radius 3 is 2.27 bits per heavy atom. The van der Waals surface area contributed by atoms with Crippen LogP contribution in [-0.2, 0) is 4.79 Å². The molecule has 1 aromatic heterocycles. The molecule has 8 nitrogen and oxygen atoms in total. The number of hydrogen-bond donors (Lipinski definition) is 3. The molecule has 1 aromatic rings. The smallest absolute Gasteiger partial charge is 0.238 e. The molecule has 1 unspecified atom stereocenters. The molecule has 2 rings (SSSR count). The maximum Gasteiger partial charge on any atom is 0.238 e. The Morgan fingerprint density at radius 1 is 1.20 bits per heavy atom. The van der Waals surface area contributed by atoms with E-state index < -0.39 is 0 Å². The zero-order valence-electron chi connectivity index (χ0n) is 7.92. The number of nitrogens with two attached hydrogens (primary N) is 3. The number of carbonyl (C=O) groups is 1. The van der Waals surface area contributed by atoms with Gasteiger partial charge in [0, 0.05) is 19.0 Å². The largest absolute Gasteiger partial charge is 0.368 e. The summed E-state index contributed by atoms with van der Waals surface area (Å²) in [6.07, 6.45) is 0.283. The molecular weight excluding hydrogens is 198 g/mol. The molecule has 0 radical (unpaired) electrons. The maximum absolute atomic E-state index is 11.5. The van der Waals surface area contributed by atoms with Crippen molar-refractivity contribution in [2.75, 3.05) is 22.9 Å². The highest BCUT2D eigenvalue weighted by Crippen LogP contribution is 2.17. The van der Waals surface area contributed by atoms with Crippen LogP contribution in [0.15, 0.2) is 0 Å². The third kappa shape index (κ3) is 1.79. The normalized spacial score (nSPS) is 21.0. The Balaban J connectivity index is 2.33. The first-order chi connectivity index (χ1) is 7.06. The molecular formula is C7H11N7O. The van der Waals surface area contributed by atoms with Gasteiger partial charge in [-0.2, -0.15) is 15.0 Å². The highest BCUT2D eigenvalue weighted by Gasteiger charge is 2.30. The topological polar surface area (TPSA) is 137 Å². The lowest BCUT2D eigenvalue weighted by Gasteiger charge is -2.13. The van der Waals surface area contributed by atoms with Gasteiger partial charge in [0.2, 0.25) is 23.8 Å². The quantitative estimate of drug-likeness (QED) is 0.491. The van der Waals surface area contributed by atoms with Gasteiger partial charge in [-0.15, -0.1) is 0 Å². The second kappa shape index (κ2) is 3.31. The van der Waals surface area contributed by atoms with Gasteiger partial charge in [-0.3, -0.25) is 9.69 Å². The van der Waals surface area contributed by atoms with Gasteiger partial charge in [0.05, 0.1) is 0 Å². The van der Waals surface area contributed by atoms with Crippen LogP contribution in [0, 0.1) is 0 Å². The van der Waals surface area contributed by atoms with Crippen molar-refractivity contribution >= 4 is 23.8 Å². The Kier molecular flexibility index (Phi) is 2.12. The lowest BCUT2D eigenvalue weighted by molar-refractivity contribution is -0.117. The summed E-state index contributed by atoms with van der Waals surface area (Å²) < 4.78 is 0. The third-order valence-corrected chi connectivity index (χ3v) is 2.05. The van der Waals surface area contributed by atoms with Crippen LogP contribution in [0.3, 0.4) is 0 Å². The van der Waals surface area contributed by atoms with E-state index >= 15 is 0 Å². The number of rotatable bonds is 1. The SMILES string of the molecule is Nc1nc(N)nc(N2CC(N)CC2=O)n1. The standard InChI is InChI=1S/C7H11N7O/c8-3-1-4(15)14(2-3)7-12-5(9)11-6(10)13-7/h3H,1-2,8H2,(H4,9,10,11,12,13). The van der Waals surface area contributed by atoms with Crippen LogP contribution in [0.4, 0.5) is 17.8 Å². The Morgan fingerprint density at radius 2 is 1.80 bits per heavy atom. The van der Waals surface area contributed by atoms with E-state index in [2.05, 4.69) is 15.0 Å². The third-order valence-electron chi connectivity index (χ3n) is 2.05. The summed E-state index contributed by atoms with van der Waals surface area (Å²) in [4.78, 5) is 24.1. The van der Waals surface area contributed by atoms with Crippen LogP contribution >= 0.6 is 0 Å². The molecule has 1 aliphatic rings. The minimum Gasteiger partial charge on any atom is -0.368 e. The monoisotopic (exact) mass is 209 g/mol. The molecule has 0 aliphatic carbocycles. The van der Waals surface area contributed by atoms with E-state index in [0.717, 1.165) is 0 Å². The molecule has 1 atom stereocenters. The van der Waals surface area contributed by atoms with Crippen LogP contribution in [-0.4, -0.2) is 33.4 Å². The lowest BCUT2D eigenvalue weighted by Crippen LogP contribution is -2.30. The van der Waals surface area contributed by atoms with Crippen molar-refractivity contribution in [3.05, 3.63) is 0 Å². The summed E-state index contributed by atoms with van der Waals surface area (Å²) in [7, 11) is 0. The maximum atomic E-state index is 11.5. The zero-order valence-corrected chi connectivity index (χ0v) is 7.92. The van der Waals surface area contributed by atoms with Crippen molar-refractivity contribution < 1.29 is 4.79 Å². The molecule has 8 heteroatoms. The fraction of sp³-hybridized carbons (Fsp3) is 0.429. The van der Waals surface area contributed by atoms with Crippen molar-refractivity contribution in [1.29, 1.82) is 0 Å². The predicted octanol–water partition coefficient (Wildman–Crippen LogP) is -1.90. The molecule has 1 amide bonds. The van der Waals surface area contributed by atoms with Crippen LogP contribution in [0.2, 0.25) is 0 Å². The first kappa shape index (κ1) is 9.59. The summed E-state index contributed by atoms with van der Waals surface area (Å²) >= 11 is 0. The summed E-state index contributed by atoms with van der Waals surface area (Å²) in [5.41, 5.74) is 16.4. The van der Waals surface area contributed by atoms with Gasteiger partial charge in [-0.1, -0.05) is 0 Å². The molecule has 15 heavy (non-hydrogen) atoms. The number of hydrogen-bond acceptors (Lipinski definition) is 7. The van der Waals surface area contributed by atoms with Crippen molar-refractivity contribution in [3.63, 3.8) is 0 Å². The predicted molar refractivity (Wildman–Crippen MR) is 53.6 cm³/mol. The highest BCUT2D eigenvalue weighted by molar-refractivity contribution is 5.94. The molecule has 0 bridgehead atoms. The first-order valence-corrected chi connectivity index (χ1v) is 4.39. The lowest BCUT2D eigenvalue weighted by atomic mass is 10.3. The summed E-state index contributed by atoms with van der Waals surface area (Å²) in [6, 6.07) is -0.197. The summed E-state index contributed by atoms with van der Waals surface area (Å²) in [5.74, 6) is 0.0157. The minimum absolute atomic E-state index is 0.00854. The molecule has 1 fully saturated rings. The second-order valence-electron chi connectivity index (χ2n) is 3.32. The molecule has 1 aliphatic heterocycles. The van der Waals surface area contributed by atoms with Crippen LogP contribution < -0.4 is 22.1 Å². The molecule has 80 valence electrons. The number of aromatic nitrogens is 3. The van der Waals surface area contributed by atoms with Crippen LogP contribution in [0.1, 0.15) is 6.42 Å². The average molecular weight is 209 g/mol. The van der Waals surface area contributed by atoms with Crippen LogP contribution in [0.5, 0.6) is 0 Å².